The van der Waals surface area contributed by atoms with E-state index >= 15 is 0 Å². The Hall–Kier alpha value is -3.41. The molecule has 1 heterocycles. The van der Waals surface area contributed by atoms with E-state index in [1.807, 2.05) is 61.0 Å². The summed E-state index contributed by atoms with van der Waals surface area (Å²) in [4.78, 5) is 24.5. The Labute approximate surface area is 164 Å². The van der Waals surface area contributed by atoms with Gasteiger partial charge in [0.1, 0.15) is 0 Å². The molecule has 0 spiro atoms. The lowest BCUT2D eigenvalue weighted by molar-refractivity contribution is -0.121. The van der Waals surface area contributed by atoms with Gasteiger partial charge in [-0.3, -0.25) is 20.4 Å². The van der Waals surface area contributed by atoms with E-state index in [-0.39, 0.29) is 18.2 Å². The number of rotatable bonds is 5. The highest BCUT2D eigenvalue weighted by molar-refractivity contribution is 5.95. The Bertz CT molecular complexity index is 976. The summed E-state index contributed by atoms with van der Waals surface area (Å²) in [7, 11) is 0. The van der Waals surface area contributed by atoms with Crippen molar-refractivity contribution in [2.45, 2.75) is 33.6 Å². The van der Waals surface area contributed by atoms with Gasteiger partial charge in [-0.2, -0.15) is 5.10 Å². The van der Waals surface area contributed by atoms with Crippen molar-refractivity contribution in [1.29, 1.82) is 0 Å². The van der Waals surface area contributed by atoms with Gasteiger partial charge in [0.05, 0.1) is 17.8 Å². The third kappa shape index (κ3) is 4.28. The Morgan fingerprint density at radius 3 is 2.29 bits per heavy atom. The molecule has 2 N–H and O–H groups in total. The van der Waals surface area contributed by atoms with Gasteiger partial charge in [0, 0.05) is 16.8 Å². The topological polar surface area (TPSA) is 76.0 Å². The molecule has 0 bridgehead atoms. The molecule has 6 heteroatoms. The van der Waals surface area contributed by atoms with Crippen LogP contribution < -0.4 is 10.9 Å². The zero-order valence-corrected chi connectivity index (χ0v) is 16.3. The summed E-state index contributed by atoms with van der Waals surface area (Å²) in [6.07, 6.45) is 1.05. The van der Waals surface area contributed by atoms with E-state index in [9.17, 15) is 9.59 Å². The van der Waals surface area contributed by atoms with E-state index in [1.165, 1.54) is 0 Å². The standard InChI is InChI=1S/C22H24N4O2/c1-4-17-10-12-18(13-11-17)22(28)24-23-21(27)14-20-15(2)25-26(16(20)3)19-8-6-5-7-9-19/h5-13H,4,14H2,1-3H3,(H,23,27)(H,24,28). The van der Waals surface area contributed by atoms with Gasteiger partial charge in [-0.1, -0.05) is 37.3 Å². The van der Waals surface area contributed by atoms with Crippen LogP contribution in [0.25, 0.3) is 5.69 Å². The number of para-hydroxylation sites is 1. The molecule has 3 rings (SSSR count). The van der Waals surface area contributed by atoms with Crippen LogP contribution in [0.1, 0.15) is 39.8 Å². The van der Waals surface area contributed by atoms with Gasteiger partial charge in [-0.25, -0.2) is 4.68 Å². The summed E-state index contributed by atoms with van der Waals surface area (Å²) in [6.45, 7) is 5.87. The molecular formula is C22H24N4O2. The monoisotopic (exact) mass is 376 g/mol. The van der Waals surface area contributed by atoms with Crippen molar-refractivity contribution in [1.82, 2.24) is 20.6 Å². The Kier molecular flexibility index (Phi) is 5.89. The zero-order chi connectivity index (χ0) is 20.1. The van der Waals surface area contributed by atoms with E-state index in [0.29, 0.717) is 5.56 Å². The molecule has 0 aliphatic carbocycles. The summed E-state index contributed by atoms with van der Waals surface area (Å²) in [6, 6.07) is 17.1. The molecule has 0 unspecified atom stereocenters. The number of nitrogens with one attached hydrogen (secondary N) is 2. The third-order valence-corrected chi connectivity index (χ3v) is 4.72. The van der Waals surface area contributed by atoms with Crippen molar-refractivity contribution in [3.8, 4) is 5.69 Å². The highest BCUT2D eigenvalue weighted by atomic mass is 16.2. The summed E-state index contributed by atoms with van der Waals surface area (Å²) < 4.78 is 1.83. The van der Waals surface area contributed by atoms with E-state index < -0.39 is 0 Å². The maximum Gasteiger partial charge on any atom is 0.269 e. The first-order chi connectivity index (χ1) is 13.5. The predicted molar refractivity (Wildman–Crippen MR) is 108 cm³/mol. The number of hydrazine groups is 1. The molecule has 0 radical (unpaired) electrons. The molecule has 6 nitrogen and oxygen atoms in total. The summed E-state index contributed by atoms with van der Waals surface area (Å²) >= 11 is 0. The summed E-state index contributed by atoms with van der Waals surface area (Å²) in [5.41, 5.74) is 10.1. The fraction of sp³-hybridized carbons (Fsp3) is 0.227. The average molecular weight is 376 g/mol. The lowest BCUT2D eigenvalue weighted by atomic mass is 10.1. The van der Waals surface area contributed by atoms with Crippen LogP contribution in [-0.4, -0.2) is 21.6 Å². The maximum atomic E-state index is 12.3. The van der Waals surface area contributed by atoms with Gasteiger partial charge in [0.25, 0.3) is 5.91 Å². The number of hydrogen-bond donors (Lipinski definition) is 2. The maximum absolute atomic E-state index is 12.3. The first-order valence-corrected chi connectivity index (χ1v) is 9.28. The van der Waals surface area contributed by atoms with Crippen LogP contribution in [0.3, 0.4) is 0 Å². The Morgan fingerprint density at radius 1 is 0.964 bits per heavy atom. The molecular weight excluding hydrogens is 352 g/mol. The van der Waals surface area contributed by atoms with Crippen molar-refractivity contribution >= 4 is 11.8 Å². The fourth-order valence-corrected chi connectivity index (χ4v) is 3.05. The quantitative estimate of drug-likeness (QED) is 0.672. The van der Waals surface area contributed by atoms with Crippen molar-refractivity contribution in [3.05, 3.63) is 82.7 Å². The number of nitrogens with zero attached hydrogens (tertiary/aromatic N) is 2. The zero-order valence-electron chi connectivity index (χ0n) is 16.3. The van der Waals surface area contributed by atoms with E-state index in [2.05, 4.69) is 22.9 Å². The number of aryl methyl sites for hydroxylation is 2. The van der Waals surface area contributed by atoms with Crippen molar-refractivity contribution in [3.63, 3.8) is 0 Å². The highest BCUT2D eigenvalue weighted by Gasteiger charge is 2.16. The summed E-state index contributed by atoms with van der Waals surface area (Å²) in [5, 5.41) is 4.54. The second-order valence-electron chi connectivity index (χ2n) is 6.63. The molecule has 2 aromatic carbocycles. The van der Waals surface area contributed by atoms with Gasteiger partial charge < -0.3 is 0 Å². The SMILES string of the molecule is CCc1ccc(C(=O)NNC(=O)Cc2c(C)nn(-c3ccccc3)c2C)cc1. The van der Waals surface area contributed by atoms with Crippen LogP contribution >= 0.6 is 0 Å². The molecule has 0 aliphatic heterocycles. The number of aromatic nitrogens is 2. The van der Waals surface area contributed by atoms with E-state index in [1.54, 1.807) is 12.1 Å². The number of amides is 2. The van der Waals surface area contributed by atoms with Gasteiger partial charge in [0.15, 0.2) is 0 Å². The molecule has 2 amide bonds. The third-order valence-electron chi connectivity index (χ3n) is 4.72. The number of carbonyl (C=O) groups excluding carboxylic acids is 2. The van der Waals surface area contributed by atoms with Crippen LogP contribution in [0.5, 0.6) is 0 Å². The number of benzene rings is 2. The second-order valence-corrected chi connectivity index (χ2v) is 6.63. The lowest BCUT2D eigenvalue weighted by Gasteiger charge is -2.09. The molecule has 0 fully saturated rings. The van der Waals surface area contributed by atoms with E-state index in [0.717, 1.165) is 34.6 Å². The van der Waals surface area contributed by atoms with Crippen LogP contribution in [-0.2, 0) is 17.6 Å². The lowest BCUT2D eigenvalue weighted by Crippen LogP contribution is -2.42. The minimum atomic E-state index is -0.343. The molecule has 1 aromatic heterocycles. The first-order valence-electron chi connectivity index (χ1n) is 9.28. The first kappa shape index (κ1) is 19.4. The molecule has 144 valence electrons. The Balaban J connectivity index is 1.63. The molecule has 0 saturated heterocycles. The minimum Gasteiger partial charge on any atom is -0.273 e. The molecule has 3 aromatic rings. The molecule has 0 saturated carbocycles. The smallest absolute Gasteiger partial charge is 0.269 e. The minimum absolute atomic E-state index is 0.138. The highest BCUT2D eigenvalue weighted by Crippen LogP contribution is 2.18. The van der Waals surface area contributed by atoms with Gasteiger partial charge in [-0.15, -0.1) is 0 Å². The van der Waals surface area contributed by atoms with Gasteiger partial charge in [0.2, 0.25) is 5.91 Å². The molecule has 28 heavy (non-hydrogen) atoms. The van der Waals surface area contributed by atoms with Crippen molar-refractivity contribution in [2.75, 3.05) is 0 Å². The predicted octanol–water partition coefficient (Wildman–Crippen LogP) is 3.06. The summed E-state index contributed by atoms with van der Waals surface area (Å²) in [5.74, 6) is -0.637. The van der Waals surface area contributed by atoms with Crippen molar-refractivity contribution < 1.29 is 9.59 Å². The fourth-order valence-electron chi connectivity index (χ4n) is 3.05. The van der Waals surface area contributed by atoms with Crippen LogP contribution in [0.15, 0.2) is 54.6 Å². The normalized spacial score (nSPS) is 10.5. The average Bonchev–Trinajstić information content (AvgIpc) is 3.01. The number of hydrogen-bond acceptors (Lipinski definition) is 3. The molecule has 0 atom stereocenters. The van der Waals surface area contributed by atoms with Crippen LogP contribution in [0.4, 0.5) is 0 Å². The largest absolute Gasteiger partial charge is 0.273 e. The van der Waals surface area contributed by atoms with Crippen molar-refractivity contribution in [2.24, 2.45) is 0 Å². The van der Waals surface area contributed by atoms with Gasteiger partial charge in [-0.05, 0) is 50.1 Å². The Morgan fingerprint density at radius 2 is 1.64 bits per heavy atom. The van der Waals surface area contributed by atoms with E-state index in [4.69, 9.17) is 0 Å². The van der Waals surface area contributed by atoms with Gasteiger partial charge >= 0.3 is 0 Å². The van der Waals surface area contributed by atoms with Crippen LogP contribution in [0, 0.1) is 13.8 Å². The molecule has 0 aliphatic rings. The van der Waals surface area contributed by atoms with Crippen LogP contribution in [0.2, 0.25) is 0 Å². The second kappa shape index (κ2) is 8.52. The number of carbonyl (C=O) groups is 2.